The number of furan rings is 1. The number of benzene rings is 1. The Morgan fingerprint density at radius 2 is 2.07 bits per heavy atom. The molecule has 0 unspecified atom stereocenters. The first kappa shape index (κ1) is 18.7. The summed E-state index contributed by atoms with van der Waals surface area (Å²) in [4.78, 5) is 45.3. The lowest BCUT2D eigenvalue weighted by atomic mass is 10.1. The Morgan fingerprint density at radius 1 is 1.21 bits per heavy atom. The number of hydrogen-bond acceptors (Lipinski definition) is 5. The standard InChI is InChI=1S/C20H21N5O4/c26-18(21-10-9-17-22-14-5-1-2-6-15(14)23-17)8-7-16-19(27)25(20(28)24-16)12-13-4-3-11-29-13/h1-6,11,16H,7-10,12H2,(H,21,26)(H,22,23)(H,24,28)/t16-/m1/s1. The fourth-order valence-corrected chi connectivity index (χ4v) is 3.29. The van der Waals surface area contributed by atoms with Gasteiger partial charge in [-0.2, -0.15) is 0 Å². The first-order valence-corrected chi connectivity index (χ1v) is 9.45. The van der Waals surface area contributed by atoms with Crippen molar-refractivity contribution < 1.29 is 18.8 Å². The fourth-order valence-electron chi connectivity index (χ4n) is 3.29. The monoisotopic (exact) mass is 395 g/mol. The molecule has 150 valence electrons. The molecule has 1 atom stereocenters. The molecule has 0 spiro atoms. The number of imidazole rings is 1. The van der Waals surface area contributed by atoms with E-state index in [1.165, 1.54) is 6.26 Å². The third kappa shape index (κ3) is 4.29. The Kier molecular flexibility index (Phi) is 5.28. The molecule has 0 bridgehead atoms. The number of amides is 4. The second-order valence-corrected chi connectivity index (χ2v) is 6.85. The van der Waals surface area contributed by atoms with E-state index in [0.29, 0.717) is 18.7 Å². The van der Waals surface area contributed by atoms with Crippen molar-refractivity contribution in [3.8, 4) is 0 Å². The Bertz CT molecular complexity index is 994. The lowest BCUT2D eigenvalue weighted by molar-refractivity contribution is -0.128. The summed E-state index contributed by atoms with van der Waals surface area (Å²) in [6, 6.07) is 9.96. The number of nitrogens with one attached hydrogen (secondary N) is 3. The normalized spacial score (nSPS) is 16.4. The van der Waals surface area contributed by atoms with Crippen LogP contribution in [0.15, 0.2) is 47.1 Å². The van der Waals surface area contributed by atoms with Gasteiger partial charge < -0.3 is 20.0 Å². The molecule has 1 aliphatic heterocycles. The lowest BCUT2D eigenvalue weighted by Crippen LogP contribution is -2.33. The van der Waals surface area contributed by atoms with Crippen LogP contribution in [0, 0.1) is 0 Å². The number of carbonyl (C=O) groups is 3. The summed E-state index contributed by atoms with van der Waals surface area (Å²) in [6.45, 7) is 0.520. The van der Waals surface area contributed by atoms with E-state index in [4.69, 9.17) is 4.42 Å². The Labute approximate surface area is 166 Å². The molecule has 3 aromatic rings. The van der Waals surface area contributed by atoms with E-state index < -0.39 is 12.1 Å². The molecule has 0 saturated carbocycles. The molecule has 3 N–H and O–H groups in total. The zero-order valence-electron chi connectivity index (χ0n) is 15.7. The van der Waals surface area contributed by atoms with Gasteiger partial charge in [0.05, 0.1) is 23.8 Å². The maximum absolute atomic E-state index is 12.4. The van der Waals surface area contributed by atoms with Crippen LogP contribution < -0.4 is 10.6 Å². The van der Waals surface area contributed by atoms with Gasteiger partial charge in [-0.3, -0.25) is 14.5 Å². The van der Waals surface area contributed by atoms with Gasteiger partial charge >= 0.3 is 6.03 Å². The number of H-pyrrole nitrogens is 1. The van der Waals surface area contributed by atoms with E-state index in [9.17, 15) is 14.4 Å². The summed E-state index contributed by atoms with van der Waals surface area (Å²) in [6.07, 6.45) is 2.46. The van der Waals surface area contributed by atoms with E-state index in [1.54, 1.807) is 12.1 Å². The van der Waals surface area contributed by atoms with E-state index in [1.807, 2.05) is 24.3 Å². The molecule has 2 aromatic heterocycles. The zero-order chi connectivity index (χ0) is 20.2. The zero-order valence-corrected chi connectivity index (χ0v) is 15.7. The van der Waals surface area contributed by atoms with Crippen molar-refractivity contribution in [1.29, 1.82) is 0 Å². The van der Waals surface area contributed by atoms with Crippen LogP contribution in [0.5, 0.6) is 0 Å². The predicted molar refractivity (Wildman–Crippen MR) is 104 cm³/mol. The maximum Gasteiger partial charge on any atom is 0.325 e. The minimum Gasteiger partial charge on any atom is -0.467 e. The van der Waals surface area contributed by atoms with E-state index in [0.717, 1.165) is 21.8 Å². The SMILES string of the molecule is O=C(CC[C@H]1NC(=O)N(Cc2ccco2)C1=O)NCCc1nc2ccccc2[nH]1. The third-order valence-electron chi connectivity index (χ3n) is 4.78. The van der Waals surface area contributed by atoms with E-state index in [-0.39, 0.29) is 31.2 Å². The number of urea groups is 1. The number of para-hydroxylation sites is 2. The number of rotatable bonds is 8. The molecule has 0 radical (unpaired) electrons. The van der Waals surface area contributed by atoms with Gasteiger partial charge in [-0.25, -0.2) is 9.78 Å². The summed E-state index contributed by atoms with van der Waals surface area (Å²) < 4.78 is 5.18. The molecule has 29 heavy (non-hydrogen) atoms. The van der Waals surface area contributed by atoms with Crippen molar-refractivity contribution in [3.05, 3.63) is 54.2 Å². The quantitative estimate of drug-likeness (QED) is 0.502. The van der Waals surface area contributed by atoms with Crippen molar-refractivity contribution in [2.24, 2.45) is 0 Å². The van der Waals surface area contributed by atoms with Gasteiger partial charge in [0.25, 0.3) is 5.91 Å². The molecule has 3 heterocycles. The van der Waals surface area contributed by atoms with Gasteiger partial charge in [0.2, 0.25) is 5.91 Å². The van der Waals surface area contributed by atoms with Gasteiger partial charge in [0.15, 0.2) is 0 Å². The Morgan fingerprint density at radius 3 is 2.86 bits per heavy atom. The summed E-state index contributed by atoms with van der Waals surface area (Å²) >= 11 is 0. The number of hydrogen-bond donors (Lipinski definition) is 3. The first-order chi connectivity index (χ1) is 14.1. The molecular formula is C20H21N5O4. The number of aromatic amines is 1. The summed E-state index contributed by atoms with van der Waals surface area (Å²) in [5.41, 5.74) is 1.85. The van der Waals surface area contributed by atoms with E-state index >= 15 is 0 Å². The molecular weight excluding hydrogens is 374 g/mol. The number of fused-ring (bicyclic) bond motifs is 1. The average Bonchev–Trinajstić information content (AvgIpc) is 3.42. The summed E-state index contributed by atoms with van der Waals surface area (Å²) in [7, 11) is 0. The molecule has 0 aliphatic carbocycles. The molecule has 1 aromatic carbocycles. The van der Waals surface area contributed by atoms with Crippen molar-refractivity contribution in [2.75, 3.05) is 6.54 Å². The van der Waals surface area contributed by atoms with Crippen LogP contribution in [0.3, 0.4) is 0 Å². The number of nitrogens with zero attached hydrogens (tertiary/aromatic N) is 2. The van der Waals surface area contributed by atoms with Crippen LogP contribution in [-0.2, 0) is 22.6 Å². The Balaban J connectivity index is 1.21. The Hall–Kier alpha value is -3.62. The highest BCUT2D eigenvalue weighted by Gasteiger charge is 2.38. The number of imide groups is 1. The molecule has 1 saturated heterocycles. The van der Waals surface area contributed by atoms with Crippen LogP contribution in [0.4, 0.5) is 4.79 Å². The third-order valence-corrected chi connectivity index (χ3v) is 4.78. The molecule has 4 rings (SSSR count). The maximum atomic E-state index is 12.4. The summed E-state index contributed by atoms with van der Waals surface area (Å²) in [5, 5.41) is 5.44. The lowest BCUT2D eigenvalue weighted by Gasteiger charge is -2.11. The second-order valence-electron chi connectivity index (χ2n) is 6.85. The molecule has 9 nitrogen and oxygen atoms in total. The van der Waals surface area contributed by atoms with Crippen LogP contribution >= 0.6 is 0 Å². The van der Waals surface area contributed by atoms with Gasteiger partial charge in [-0.05, 0) is 30.7 Å². The topological polar surface area (TPSA) is 120 Å². The molecule has 9 heteroatoms. The van der Waals surface area contributed by atoms with Crippen LogP contribution in [0.2, 0.25) is 0 Å². The minimum atomic E-state index is -0.696. The van der Waals surface area contributed by atoms with Crippen molar-refractivity contribution in [2.45, 2.75) is 31.8 Å². The molecule has 1 aliphatic rings. The van der Waals surface area contributed by atoms with Crippen LogP contribution in [0.25, 0.3) is 11.0 Å². The fraction of sp³-hybridized carbons (Fsp3) is 0.300. The predicted octanol–water partition coefficient (Wildman–Crippen LogP) is 1.72. The number of aromatic nitrogens is 2. The van der Waals surface area contributed by atoms with Crippen LogP contribution in [-0.4, -0.2) is 45.3 Å². The first-order valence-electron chi connectivity index (χ1n) is 9.45. The molecule has 1 fully saturated rings. The van der Waals surface area contributed by atoms with Crippen LogP contribution in [0.1, 0.15) is 24.4 Å². The van der Waals surface area contributed by atoms with Gasteiger partial charge in [0, 0.05) is 19.4 Å². The second kappa shape index (κ2) is 8.17. The molecule has 4 amide bonds. The largest absolute Gasteiger partial charge is 0.467 e. The van der Waals surface area contributed by atoms with Gasteiger partial charge in [-0.15, -0.1) is 0 Å². The van der Waals surface area contributed by atoms with Crippen molar-refractivity contribution in [3.63, 3.8) is 0 Å². The van der Waals surface area contributed by atoms with E-state index in [2.05, 4.69) is 20.6 Å². The van der Waals surface area contributed by atoms with Gasteiger partial charge in [-0.1, -0.05) is 12.1 Å². The highest BCUT2D eigenvalue weighted by atomic mass is 16.3. The van der Waals surface area contributed by atoms with Crippen molar-refractivity contribution in [1.82, 2.24) is 25.5 Å². The number of carbonyl (C=O) groups excluding carboxylic acids is 3. The highest BCUT2D eigenvalue weighted by Crippen LogP contribution is 2.15. The summed E-state index contributed by atoms with van der Waals surface area (Å²) in [5.74, 6) is 0.810. The smallest absolute Gasteiger partial charge is 0.325 e. The van der Waals surface area contributed by atoms with Crippen molar-refractivity contribution >= 4 is 28.9 Å². The highest BCUT2D eigenvalue weighted by molar-refractivity contribution is 6.04. The van der Waals surface area contributed by atoms with Gasteiger partial charge in [0.1, 0.15) is 17.6 Å². The minimum absolute atomic E-state index is 0.0812. The average molecular weight is 395 g/mol.